The Morgan fingerprint density at radius 1 is 1.58 bits per heavy atom. The molecule has 3 heteroatoms. The quantitative estimate of drug-likeness (QED) is 0.623. The van der Waals surface area contributed by atoms with Crippen LogP contribution in [-0.4, -0.2) is 11.6 Å². The van der Waals surface area contributed by atoms with E-state index in [0.717, 1.165) is 30.9 Å². The first-order valence-corrected chi connectivity index (χ1v) is 4.60. The van der Waals surface area contributed by atoms with Crippen LogP contribution in [0.5, 0.6) is 5.88 Å². The lowest BCUT2D eigenvalue weighted by molar-refractivity contribution is 0.276. The second-order valence-corrected chi connectivity index (χ2v) is 3.16. The fraction of sp³-hybridized carbons (Fsp3) is 0.444. The van der Waals surface area contributed by atoms with Crippen molar-refractivity contribution >= 4 is 11.6 Å². The Hall–Kier alpha value is -0.760. The number of hydrogen-bond donors (Lipinski definition) is 0. The summed E-state index contributed by atoms with van der Waals surface area (Å²) in [5, 5.41) is 0. The van der Waals surface area contributed by atoms with E-state index in [9.17, 15) is 0 Å². The van der Waals surface area contributed by atoms with Crippen molar-refractivity contribution in [3.8, 4) is 5.88 Å². The van der Waals surface area contributed by atoms with E-state index in [1.807, 2.05) is 0 Å². The predicted octanol–water partition coefficient (Wildman–Crippen LogP) is 2.15. The molecule has 0 saturated carbocycles. The van der Waals surface area contributed by atoms with Crippen LogP contribution >= 0.6 is 11.6 Å². The summed E-state index contributed by atoms with van der Waals surface area (Å²) in [4.78, 5) is 4.18. The number of alkyl halides is 1. The largest absolute Gasteiger partial charge is 0.477 e. The van der Waals surface area contributed by atoms with Crippen LogP contribution in [-0.2, 0) is 12.3 Å². The van der Waals surface area contributed by atoms with Gasteiger partial charge in [-0.1, -0.05) is 0 Å². The molecule has 12 heavy (non-hydrogen) atoms. The molecule has 0 saturated heterocycles. The monoisotopic (exact) mass is 183 g/mol. The zero-order chi connectivity index (χ0) is 8.39. The maximum absolute atomic E-state index is 5.69. The summed E-state index contributed by atoms with van der Waals surface area (Å²) in [6, 6.07) is 2.08. The Kier molecular flexibility index (Phi) is 2.17. The molecule has 0 N–H and O–H groups in total. The molecule has 1 aromatic heterocycles. The minimum absolute atomic E-state index is 0.528. The van der Waals surface area contributed by atoms with E-state index in [4.69, 9.17) is 16.3 Å². The smallest absolute Gasteiger partial charge is 0.216 e. The third kappa shape index (κ3) is 1.39. The molecule has 0 radical (unpaired) electrons. The van der Waals surface area contributed by atoms with Gasteiger partial charge in [-0.05, 0) is 24.5 Å². The van der Waals surface area contributed by atoms with Crippen LogP contribution in [0.1, 0.15) is 17.5 Å². The fourth-order valence-electron chi connectivity index (χ4n) is 1.36. The van der Waals surface area contributed by atoms with Gasteiger partial charge in [0.05, 0.1) is 6.61 Å². The van der Waals surface area contributed by atoms with Crippen LogP contribution in [0.25, 0.3) is 0 Å². The molecule has 0 aliphatic carbocycles. The summed E-state index contributed by atoms with van der Waals surface area (Å²) < 4.78 is 5.37. The van der Waals surface area contributed by atoms with Crippen molar-refractivity contribution in [3.05, 3.63) is 23.4 Å². The van der Waals surface area contributed by atoms with Crippen molar-refractivity contribution in [3.63, 3.8) is 0 Å². The number of aryl methyl sites for hydroxylation is 1. The zero-order valence-corrected chi connectivity index (χ0v) is 7.47. The van der Waals surface area contributed by atoms with Gasteiger partial charge in [-0.3, -0.25) is 0 Å². The minimum atomic E-state index is 0.528. The molecule has 2 heterocycles. The molecule has 2 nitrogen and oxygen atoms in total. The molecule has 0 unspecified atom stereocenters. The summed E-state index contributed by atoms with van der Waals surface area (Å²) in [6.07, 6.45) is 3.92. The molecular formula is C9H10ClNO. The van der Waals surface area contributed by atoms with Gasteiger partial charge in [-0.15, -0.1) is 11.6 Å². The molecule has 0 atom stereocenters. The second kappa shape index (κ2) is 3.31. The molecule has 0 amide bonds. The Bertz CT molecular complexity index is 288. The lowest BCUT2D eigenvalue weighted by Crippen LogP contribution is -2.10. The number of nitrogens with zero attached hydrogens (tertiary/aromatic N) is 1. The van der Waals surface area contributed by atoms with E-state index >= 15 is 0 Å². The van der Waals surface area contributed by atoms with Crippen LogP contribution in [0.3, 0.4) is 0 Å². The van der Waals surface area contributed by atoms with E-state index in [2.05, 4.69) is 11.1 Å². The molecule has 2 rings (SSSR count). The highest BCUT2D eigenvalue weighted by Crippen LogP contribution is 2.22. The zero-order valence-electron chi connectivity index (χ0n) is 6.72. The molecule has 0 spiro atoms. The van der Waals surface area contributed by atoms with E-state index in [1.54, 1.807) is 6.20 Å². The van der Waals surface area contributed by atoms with Crippen LogP contribution in [0.2, 0.25) is 0 Å². The van der Waals surface area contributed by atoms with Crippen LogP contribution in [0.15, 0.2) is 12.3 Å². The van der Waals surface area contributed by atoms with E-state index in [-0.39, 0.29) is 0 Å². The van der Waals surface area contributed by atoms with E-state index < -0.39 is 0 Å². The topological polar surface area (TPSA) is 22.1 Å². The van der Waals surface area contributed by atoms with Gasteiger partial charge in [0, 0.05) is 17.6 Å². The Morgan fingerprint density at radius 2 is 2.50 bits per heavy atom. The summed E-state index contributed by atoms with van der Waals surface area (Å²) in [5.41, 5.74) is 2.26. The van der Waals surface area contributed by atoms with Crippen LogP contribution in [0.4, 0.5) is 0 Å². The number of aromatic nitrogens is 1. The third-order valence-electron chi connectivity index (χ3n) is 1.97. The standard InChI is InChI=1S/C9H10ClNO/c10-5-7-4-8-2-1-3-12-9(8)11-6-7/h4,6H,1-3,5H2. The normalized spacial score (nSPS) is 15.1. The highest BCUT2D eigenvalue weighted by molar-refractivity contribution is 6.17. The number of halogens is 1. The van der Waals surface area contributed by atoms with Gasteiger partial charge >= 0.3 is 0 Å². The van der Waals surface area contributed by atoms with Gasteiger partial charge in [0.2, 0.25) is 5.88 Å². The van der Waals surface area contributed by atoms with Crippen molar-refractivity contribution in [2.75, 3.05) is 6.61 Å². The maximum Gasteiger partial charge on any atom is 0.216 e. The second-order valence-electron chi connectivity index (χ2n) is 2.89. The number of pyridine rings is 1. The summed E-state index contributed by atoms with van der Waals surface area (Å²) >= 11 is 5.69. The summed E-state index contributed by atoms with van der Waals surface area (Å²) in [7, 11) is 0. The Morgan fingerprint density at radius 3 is 3.33 bits per heavy atom. The lowest BCUT2D eigenvalue weighted by Gasteiger charge is -2.15. The Balaban J connectivity index is 2.36. The molecule has 0 aromatic carbocycles. The molecule has 1 aliphatic rings. The summed E-state index contributed by atoms with van der Waals surface area (Å²) in [6.45, 7) is 0.792. The highest BCUT2D eigenvalue weighted by Gasteiger charge is 2.11. The SMILES string of the molecule is ClCc1cnc2c(c1)CCCO2. The molecule has 0 bridgehead atoms. The average molecular weight is 184 g/mol. The first-order chi connectivity index (χ1) is 5.90. The van der Waals surface area contributed by atoms with Crippen LogP contribution in [0, 0.1) is 0 Å². The molecule has 64 valence electrons. The number of hydrogen-bond acceptors (Lipinski definition) is 2. The van der Waals surface area contributed by atoms with Crippen molar-refractivity contribution in [1.82, 2.24) is 4.98 Å². The first kappa shape index (κ1) is 7.87. The molecule has 1 aliphatic heterocycles. The number of ether oxygens (including phenoxy) is 1. The maximum atomic E-state index is 5.69. The predicted molar refractivity (Wildman–Crippen MR) is 47.6 cm³/mol. The van der Waals surface area contributed by atoms with Crippen LogP contribution < -0.4 is 4.74 Å². The van der Waals surface area contributed by atoms with Gasteiger partial charge in [0.25, 0.3) is 0 Å². The Labute approximate surface area is 76.5 Å². The number of fused-ring (bicyclic) bond motifs is 1. The summed E-state index contributed by atoms with van der Waals surface area (Å²) in [5.74, 6) is 1.32. The van der Waals surface area contributed by atoms with Crippen molar-refractivity contribution < 1.29 is 4.74 Å². The fourth-order valence-corrected chi connectivity index (χ4v) is 1.51. The highest BCUT2D eigenvalue weighted by atomic mass is 35.5. The van der Waals surface area contributed by atoms with Gasteiger partial charge in [-0.2, -0.15) is 0 Å². The average Bonchev–Trinajstić information content (AvgIpc) is 2.17. The van der Waals surface area contributed by atoms with Gasteiger partial charge in [-0.25, -0.2) is 4.98 Å². The lowest BCUT2D eigenvalue weighted by atomic mass is 10.1. The van der Waals surface area contributed by atoms with E-state index in [0.29, 0.717) is 5.88 Å². The van der Waals surface area contributed by atoms with Gasteiger partial charge in [0.15, 0.2) is 0 Å². The van der Waals surface area contributed by atoms with Crippen molar-refractivity contribution in [2.24, 2.45) is 0 Å². The first-order valence-electron chi connectivity index (χ1n) is 4.06. The minimum Gasteiger partial charge on any atom is -0.477 e. The van der Waals surface area contributed by atoms with E-state index in [1.165, 1.54) is 5.56 Å². The molecule has 1 aromatic rings. The van der Waals surface area contributed by atoms with Gasteiger partial charge < -0.3 is 4.74 Å². The van der Waals surface area contributed by atoms with Gasteiger partial charge in [0.1, 0.15) is 0 Å². The molecule has 0 fully saturated rings. The molecular weight excluding hydrogens is 174 g/mol. The number of rotatable bonds is 1. The van der Waals surface area contributed by atoms with Crippen molar-refractivity contribution in [2.45, 2.75) is 18.7 Å². The van der Waals surface area contributed by atoms with Crippen molar-refractivity contribution in [1.29, 1.82) is 0 Å². The third-order valence-corrected chi connectivity index (χ3v) is 2.27.